The summed E-state index contributed by atoms with van der Waals surface area (Å²) < 4.78 is 32.3. The molecule has 0 unspecified atom stereocenters. The summed E-state index contributed by atoms with van der Waals surface area (Å²) in [7, 11) is -0.0251. The van der Waals surface area contributed by atoms with Crippen LogP contribution < -0.4 is 10.5 Å². The lowest BCUT2D eigenvalue weighted by Crippen LogP contribution is -2.34. The van der Waals surface area contributed by atoms with Gasteiger partial charge in [-0.3, -0.25) is 0 Å². The van der Waals surface area contributed by atoms with Crippen molar-refractivity contribution in [2.45, 2.75) is 4.90 Å². The van der Waals surface area contributed by atoms with Gasteiger partial charge < -0.3 is 15.4 Å². The van der Waals surface area contributed by atoms with Crippen LogP contribution in [0.2, 0.25) is 0 Å². The van der Waals surface area contributed by atoms with E-state index >= 15 is 0 Å². The Balaban J connectivity index is 2.60. The second-order valence-corrected chi connectivity index (χ2v) is 6.97. The maximum Gasteiger partial charge on any atom is 0.241 e. The van der Waals surface area contributed by atoms with Crippen molar-refractivity contribution in [2.24, 2.45) is 0 Å². The van der Waals surface area contributed by atoms with Crippen molar-refractivity contribution in [2.75, 3.05) is 46.1 Å². The Kier molecular flexibility index (Phi) is 6.90. The van der Waals surface area contributed by atoms with E-state index in [0.717, 1.165) is 6.54 Å². The predicted molar refractivity (Wildman–Crippen MR) is 83.1 cm³/mol. The SMILES string of the molecule is COCCN(C)CCNS(=O)(=O)c1cc(N)ccc1Br. The van der Waals surface area contributed by atoms with Gasteiger partial charge in [0, 0.05) is 36.9 Å². The largest absolute Gasteiger partial charge is 0.399 e. The molecule has 0 aliphatic rings. The van der Waals surface area contributed by atoms with Crippen LogP contribution in [0, 0.1) is 0 Å². The Labute approximate surface area is 128 Å². The summed E-state index contributed by atoms with van der Waals surface area (Å²) in [6, 6.07) is 4.69. The number of nitrogens with zero attached hydrogens (tertiary/aromatic N) is 1. The molecule has 0 bridgehead atoms. The van der Waals surface area contributed by atoms with E-state index in [9.17, 15) is 8.42 Å². The first-order chi connectivity index (χ1) is 9.36. The van der Waals surface area contributed by atoms with Gasteiger partial charge in [0.25, 0.3) is 0 Å². The number of benzene rings is 1. The number of ether oxygens (including phenoxy) is 1. The number of halogens is 1. The fraction of sp³-hybridized carbons (Fsp3) is 0.500. The summed E-state index contributed by atoms with van der Waals surface area (Å²) in [6.07, 6.45) is 0. The number of methoxy groups -OCH3 is 1. The second kappa shape index (κ2) is 7.94. The molecule has 0 atom stereocenters. The molecule has 1 rings (SSSR count). The van der Waals surface area contributed by atoms with Crippen LogP contribution in [0.1, 0.15) is 0 Å². The smallest absolute Gasteiger partial charge is 0.241 e. The lowest BCUT2D eigenvalue weighted by atomic mass is 10.3. The Morgan fingerprint density at radius 1 is 1.40 bits per heavy atom. The van der Waals surface area contributed by atoms with Crippen LogP contribution >= 0.6 is 15.9 Å². The van der Waals surface area contributed by atoms with Gasteiger partial charge >= 0.3 is 0 Å². The second-order valence-electron chi connectivity index (χ2n) is 4.38. The van der Waals surface area contributed by atoms with Gasteiger partial charge in [0.1, 0.15) is 0 Å². The number of anilines is 1. The Morgan fingerprint density at radius 2 is 2.10 bits per heavy atom. The number of nitrogens with one attached hydrogen (secondary N) is 1. The zero-order valence-electron chi connectivity index (χ0n) is 11.6. The first kappa shape index (κ1) is 17.4. The highest BCUT2D eigenvalue weighted by Crippen LogP contribution is 2.23. The lowest BCUT2D eigenvalue weighted by Gasteiger charge is -2.16. The molecule has 8 heteroatoms. The molecule has 0 aliphatic carbocycles. The summed E-state index contributed by atoms with van der Waals surface area (Å²) in [4.78, 5) is 2.14. The first-order valence-corrected chi connectivity index (χ1v) is 8.36. The summed E-state index contributed by atoms with van der Waals surface area (Å²) in [6.45, 7) is 2.29. The number of rotatable bonds is 8. The minimum atomic E-state index is -3.56. The van der Waals surface area contributed by atoms with Crippen LogP contribution in [-0.2, 0) is 14.8 Å². The zero-order chi connectivity index (χ0) is 15.2. The number of likely N-dealkylation sites (N-methyl/N-ethyl adjacent to an activating group) is 1. The number of nitrogen functional groups attached to an aromatic ring is 1. The normalized spacial score (nSPS) is 12.0. The third-order valence-corrected chi connectivity index (χ3v) is 5.16. The van der Waals surface area contributed by atoms with Crippen molar-refractivity contribution in [3.8, 4) is 0 Å². The van der Waals surface area contributed by atoms with E-state index < -0.39 is 10.0 Å². The van der Waals surface area contributed by atoms with Gasteiger partial charge in [-0.15, -0.1) is 0 Å². The molecular weight excluding hydrogens is 346 g/mol. The maximum absolute atomic E-state index is 12.2. The van der Waals surface area contributed by atoms with Gasteiger partial charge in [-0.1, -0.05) is 0 Å². The first-order valence-electron chi connectivity index (χ1n) is 6.09. The molecule has 0 spiro atoms. The van der Waals surface area contributed by atoms with E-state index in [1.807, 2.05) is 11.9 Å². The number of sulfonamides is 1. The van der Waals surface area contributed by atoms with Gasteiger partial charge in [-0.05, 0) is 41.2 Å². The summed E-state index contributed by atoms with van der Waals surface area (Å²) in [5.41, 5.74) is 6.03. The van der Waals surface area contributed by atoms with Gasteiger partial charge in [0.15, 0.2) is 0 Å². The predicted octanol–water partition coefficient (Wildman–Crippen LogP) is 0.888. The molecule has 20 heavy (non-hydrogen) atoms. The zero-order valence-corrected chi connectivity index (χ0v) is 14.0. The van der Waals surface area contributed by atoms with Crippen molar-refractivity contribution in [1.29, 1.82) is 0 Å². The maximum atomic E-state index is 12.2. The summed E-state index contributed by atoms with van der Waals surface area (Å²) in [5.74, 6) is 0. The Bertz CT molecular complexity index is 537. The van der Waals surface area contributed by atoms with E-state index in [2.05, 4.69) is 20.7 Å². The molecule has 0 radical (unpaired) electrons. The van der Waals surface area contributed by atoms with Crippen LogP contribution in [-0.4, -0.2) is 53.7 Å². The third kappa shape index (κ3) is 5.37. The van der Waals surface area contributed by atoms with Gasteiger partial charge in [0.05, 0.1) is 11.5 Å². The van der Waals surface area contributed by atoms with E-state index in [1.165, 1.54) is 6.07 Å². The molecule has 0 saturated carbocycles. The highest BCUT2D eigenvalue weighted by Gasteiger charge is 2.17. The molecule has 3 N–H and O–H groups in total. The van der Waals surface area contributed by atoms with Crippen LogP contribution in [0.15, 0.2) is 27.6 Å². The minimum absolute atomic E-state index is 0.150. The van der Waals surface area contributed by atoms with Crippen molar-refractivity contribution in [3.63, 3.8) is 0 Å². The topological polar surface area (TPSA) is 84.7 Å². The van der Waals surface area contributed by atoms with E-state index in [1.54, 1.807) is 19.2 Å². The summed E-state index contributed by atoms with van der Waals surface area (Å²) in [5, 5.41) is 0. The average molecular weight is 366 g/mol. The molecule has 0 amide bonds. The number of hydrogen-bond donors (Lipinski definition) is 2. The van der Waals surface area contributed by atoms with Crippen LogP contribution in [0.25, 0.3) is 0 Å². The van der Waals surface area contributed by atoms with Gasteiger partial charge in [0.2, 0.25) is 10.0 Å². The van der Waals surface area contributed by atoms with E-state index in [0.29, 0.717) is 29.9 Å². The molecule has 1 aromatic rings. The number of nitrogens with two attached hydrogens (primary N) is 1. The van der Waals surface area contributed by atoms with E-state index in [4.69, 9.17) is 10.5 Å². The highest BCUT2D eigenvalue weighted by atomic mass is 79.9. The van der Waals surface area contributed by atoms with Crippen LogP contribution in [0.3, 0.4) is 0 Å². The molecule has 0 fully saturated rings. The van der Waals surface area contributed by atoms with Crippen molar-refractivity contribution in [3.05, 3.63) is 22.7 Å². The molecule has 1 aromatic carbocycles. The van der Waals surface area contributed by atoms with Crippen molar-refractivity contribution in [1.82, 2.24) is 9.62 Å². The van der Waals surface area contributed by atoms with Gasteiger partial charge in [-0.2, -0.15) is 0 Å². The van der Waals surface area contributed by atoms with Crippen molar-refractivity contribution >= 4 is 31.6 Å². The highest BCUT2D eigenvalue weighted by molar-refractivity contribution is 9.10. The fourth-order valence-electron chi connectivity index (χ4n) is 1.53. The molecule has 114 valence electrons. The molecule has 0 heterocycles. The average Bonchev–Trinajstić information content (AvgIpc) is 2.38. The monoisotopic (exact) mass is 365 g/mol. The Morgan fingerprint density at radius 3 is 2.75 bits per heavy atom. The van der Waals surface area contributed by atoms with E-state index in [-0.39, 0.29) is 4.90 Å². The minimum Gasteiger partial charge on any atom is -0.399 e. The third-order valence-electron chi connectivity index (χ3n) is 2.71. The standard InChI is InChI=1S/C12H20BrN3O3S/c1-16(7-8-19-2)6-5-15-20(17,18)12-9-10(14)3-4-11(12)13/h3-4,9,15H,5-8,14H2,1-2H3. The summed E-state index contributed by atoms with van der Waals surface area (Å²) >= 11 is 3.22. The fourth-order valence-corrected chi connectivity index (χ4v) is 3.55. The van der Waals surface area contributed by atoms with Gasteiger partial charge in [-0.25, -0.2) is 13.1 Å². The van der Waals surface area contributed by atoms with Crippen LogP contribution in [0.5, 0.6) is 0 Å². The molecular formula is C12H20BrN3O3S. The molecule has 6 nitrogen and oxygen atoms in total. The lowest BCUT2D eigenvalue weighted by molar-refractivity contribution is 0.162. The molecule has 0 saturated heterocycles. The molecule has 0 aromatic heterocycles. The molecule has 0 aliphatic heterocycles. The van der Waals surface area contributed by atoms with Crippen LogP contribution in [0.4, 0.5) is 5.69 Å². The Hall–Kier alpha value is -0.670. The van der Waals surface area contributed by atoms with Crippen molar-refractivity contribution < 1.29 is 13.2 Å². The quantitative estimate of drug-likeness (QED) is 0.668. The number of hydrogen-bond acceptors (Lipinski definition) is 5.